The van der Waals surface area contributed by atoms with E-state index in [2.05, 4.69) is 20.7 Å². The highest BCUT2D eigenvalue weighted by atomic mass is 32.2. The Balaban J connectivity index is 1.63. The van der Waals surface area contributed by atoms with Crippen molar-refractivity contribution in [2.75, 3.05) is 39.4 Å². The highest BCUT2D eigenvalue weighted by Crippen LogP contribution is 2.43. The van der Waals surface area contributed by atoms with Crippen LogP contribution < -0.4 is 25.3 Å². The van der Waals surface area contributed by atoms with Gasteiger partial charge in [-0.15, -0.1) is 10.2 Å². The molecule has 0 radical (unpaired) electrons. The number of tetrazole rings is 1. The first-order valence-electron chi connectivity index (χ1n) is 20.0. The monoisotopic (exact) mass is 927 g/mol. The van der Waals surface area contributed by atoms with Gasteiger partial charge in [0.2, 0.25) is 15.8 Å². The molecule has 6 aromatic rings. The molecule has 18 nitrogen and oxygen atoms in total. The second kappa shape index (κ2) is 19.8. The lowest BCUT2D eigenvalue weighted by atomic mass is 9.95. The summed E-state index contributed by atoms with van der Waals surface area (Å²) in [6, 6.07) is 27.0. The molecule has 0 bridgehead atoms. The smallest absolute Gasteiger partial charge is 0.407 e. The topological polar surface area (TPSA) is 244 Å². The van der Waals surface area contributed by atoms with Crippen molar-refractivity contribution in [3.63, 3.8) is 0 Å². The number of nitrogen functional groups attached to an aromatic ring is 1. The SMILES string of the molecule is COc1ccc(CN(Cc2ccc(OC)cc2)S(=O)(=O)c2c(S(=O)(=O)CCNC(=O)OC(C)(C)C)ccc(-c3cccc(C(=O)O)c3N)c2-c2nnn(Cc3ccc(OC)cc3)n2)cc1. The van der Waals surface area contributed by atoms with Crippen LogP contribution in [0.4, 0.5) is 10.5 Å². The summed E-state index contributed by atoms with van der Waals surface area (Å²) in [7, 11) is -5.15. The number of methoxy groups -OCH3 is 3. The first-order valence-corrected chi connectivity index (χ1v) is 23.1. The number of aromatic nitrogens is 4. The van der Waals surface area contributed by atoms with Gasteiger partial charge in [-0.1, -0.05) is 54.6 Å². The average Bonchev–Trinajstić information content (AvgIpc) is 3.73. The molecule has 0 unspecified atom stereocenters. The summed E-state index contributed by atoms with van der Waals surface area (Å²) in [5.74, 6) is -0.791. The number of sulfonamides is 1. The van der Waals surface area contributed by atoms with Crippen molar-refractivity contribution in [3.05, 3.63) is 125 Å². The second-order valence-electron chi connectivity index (χ2n) is 15.6. The molecule has 0 aliphatic rings. The van der Waals surface area contributed by atoms with Crippen LogP contribution in [0.3, 0.4) is 0 Å². The molecule has 6 rings (SSSR count). The van der Waals surface area contributed by atoms with E-state index in [1.54, 1.807) is 93.6 Å². The number of sulfone groups is 1. The van der Waals surface area contributed by atoms with E-state index in [-0.39, 0.29) is 53.4 Å². The fourth-order valence-corrected chi connectivity index (χ4v) is 10.4. The highest BCUT2D eigenvalue weighted by molar-refractivity contribution is 7.93. The van der Waals surface area contributed by atoms with Gasteiger partial charge in [0.15, 0.2) is 9.84 Å². The van der Waals surface area contributed by atoms with Gasteiger partial charge in [-0.2, -0.15) is 9.10 Å². The maximum absolute atomic E-state index is 15.9. The van der Waals surface area contributed by atoms with Gasteiger partial charge in [-0.05, 0) is 96.8 Å². The molecule has 20 heteroatoms. The number of benzene rings is 5. The minimum Gasteiger partial charge on any atom is -0.497 e. The molecule has 5 aromatic carbocycles. The van der Waals surface area contributed by atoms with Crippen LogP contribution in [0.25, 0.3) is 22.5 Å². The Morgan fingerprint density at radius 3 is 1.80 bits per heavy atom. The number of carboxylic acids is 1. The zero-order valence-corrected chi connectivity index (χ0v) is 38.1. The van der Waals surface area contributed by atoms with Gasteiger partial charge in [-0.3, -0.25) is 0 Å². The fraction of sp³-hybridized carbons (Fsp3) is 0.267. The average molecular weight is 928 g/mol. The summed E-state index contributed by atoms with van der Waals surface area (Å²) in [6.07, 6.45) is -0.881. The fourth-order valence-electron chi connectivity index (χ4n) is 6.74. The van der Waals surface area contributed by atoms with E-state index in [4.69, 9.17) is 24.7 Å². The first-order chi connectivity index (χ1) is 30.8. The Morgan fingerprint density at radius 2 is 1.29 bits per heavy atom. The van der Waals surface area contributed by atoms with E-state index in [0.29, 0.717) is 28.4 Å². The van der Waals surface area contributed by atoms with Gasteiger partial charge < -0.3 is 35.1 Å². The van der Waals surface area contributed by atoms with Crippen LogP contribution in [0.2, 0.25) is 0 Å². The van der Waals surface area contributed by atoms with Crippen molar-refractivity contribution in [2.45, 2.75) is 55.8 Å². The van der Waals surface area contributed by atoms with Crippen molar-refractivity contribution in [1.82, 2.24) is 29.8 Å². The second-order valence-corrected chi connectivity index (χ2v) is 19.5. The first kappa shape index (κ1) is 47.4. The molecular formula is C45H49N7O11S2. The number of ether oxygens (including phenoxy) is 4. The third kappa shape index (κ3) is 11.4. The van der Waals surface area contributed by atoms with Gasteiger partial charge in [0, 0.05) is 25.2 Å². The van der Waals surface area contributed by atoms with Crippen LogP contribution >= 0.6 is 0 Å². The lowest BCUT2D eigenvalue weighted by molar-refractivity contribution is 0.0530. The summed E-state index contributed by atoms with van der Waals surface area (Å²) >= 11 is 0. The van der Waals surface area contributed by atoms with E-state index >= 15 is 8.42 Å². The molecule has 0 atom stereocenters. The molecule has 0 fully saturated rings. The molecule has 0 aliphatic carbocycles. The molecule has 0 spiro atoms. The number of nitrogens with zero attached hydrogens (tertiary/aromatic N) is 5. The number of para-hydroxylation sites is 1. The largest absolute Gasteiger partial charge is 0.497 e. The van der Waals surface area contributed by atoms with Gasteiger partial charge in [0.1, 0.15) is 27.7 Å². The van der Waals surface area contributed by atoms with E-state index in [9.17, 15) is 23.1 Å². The number of carboxylic acid groups (broad SMARTS) is 1. The Hall–Kier alpha value is -7.03. The Labute approximate surface area is 376 Å². The van der Waals surface area contributed by atoms with Crippen molar-refractivity contribution < 1.29 is 50.5 Å². The normalized spacial score (nSPS) is 11.9. The van der Waals surface area contributed by atoms with E-state index < -0.39 is 59.6 Å². The lowest BCUT2D eigenvalue weighted by Gasteiger charge is -2.26. The molecule has 4 N–H and O–H groups in total. The molecule has 1 heterocycles. The molecule has 65 heavy (non-hydrogen) atoms. The molecule has 1 aromatic heterocycles. The Morgan fingerprint density at radius 1 is 0.754 bits per heavy atom. The molecule has 1 amide bonds. The number of aromatic carboxylic acids is 1. The molecule has 0 aliphatic heterocycles. The number of rotatable bonds is 18. The summed E-state index contributed by atoms with van der Waals surface area (Å²) in [5.41, 5.74) is 6.60. The van der Waals surface area contributed by atoms with Gasteiger partial charge in [0.05, 0.1) is 55.3 Å². The number of hydrogen-bond donors (Lipinski definition) is 3. The summed E-state index contributed by atoms with van der Waals surface area (Å²) < 4.78 is 83.6. The summed E-state index contributed by atoms with van der Waals surface area (Å²) in [6.45, 7) is 4.00. The maximum Gasteiger partial charge on any atom is 0.407 e. The van der Waals surface area contributed by atoms with Crippen molar-refractivity contribution in [3.8, 4) is 39.8 Å². The van der Waals surface area contributed by atoms with Crippen molar-refractivity contribution >= 4 is 37.6 Å². The van der Waals surface area contributed by atoms with E-state index in [0.717, 1.165) is 15.9 Å². The lowest BCUT2D eigenvalue weighted by Crippen LogP contribution is -2.35. The molecular weight excluding hydrogens is 879 g/mol. The number of carbonyl (C=O) groups is 2. The predicted octanol–water partition coefficient (Wildman–Crippen LogP) is 6.05. The van der Waals surface area contributed by atoms with Crippen molar-refractivity contribution in [2.24, 2.45) is 0 Å². The molecule has 342 valence electrons. The van der Waals surface area contributed by atoms with Crippen LogP contribution in [0.15, 0.2) is 113 Å². The third-order valence-corrected chi connectivity index (χ3v) is 13.7. The van der Waals surface area contributed by atoms with Crippen LogP contribution in [0.1, 0.15) is 47.8 Å². The van der Waals surface area contributed by atoms with E-state index in [1.165, 1.54) is 50.4 Å². The van der Waals surface area contributed by atoms with Gasteiger partial charge in [0.25, 0.3) is 0 Å². The number of nitrogens with one attached hydrogen (secondary N) is 1. The zero-order valence-electron chi connectivity index (χ0n) is 36.5. The standard InChI is InChI=1S/C45H49N7O11S2/c1-45(2,3)63-44(55)47-24-25-64(56,57)38-23-22-35(36-8-7-9-37(40(36)46)43(53)54)39(42-48-50-52(49-42)28-31-14-20-34(62-6)21-15-31)41(38)65(58,59)51(26-29-10-16-32(60-4)17-11-29)27-30-12-18-33(61-5)19-13-30/h7-23H,24-28,46H2,1-6H3,(H,47,55)(H,53,54). The number of alkyl carbamates (subject to hydrolysis) is 1. The number of amides is 1. The maximum atomic E-state index is 15.9. The van der Waals surface area contributed by atoms with Gasteiger partial charge in [-0.25, -0.2) is 26.4 Å². The number of nitrogens with two attached hydrogens (primary N) is 1. The van der Waals surface area contributed by atoms with Gasteiger partial charge >= 0.3 is 12.1 Å². The minimum absolute atomic E-state index is 0.00662. The number of hydrogen-bond acceptors (Lipinski definition) is 14. The third-order valence-electron chi connectivity index (χ3n) is 9.92. The van der Waals surface area contributed by atoms with Crippen LogP contribution in [-0.4, -0.2) is 97.7 Å². The predicted molar refractivity (Wildman–Crippen MR) is 241 cm³/mol. The van der Waals surface area contributed by atoms with Crippen LogP contribution in [0.5, 0.6) is 17.2 Å². The summed E-state index contributed by atoms with van der Waals surface area (Å²) in [5, 5.41) is 25.6. The summed E-state index contributed by atoms with van der Waals surface area (Å²) in [4.78, 5) is 24.8. The Kier molecular flexibility index (Phi) is 14.4. The van der Waals surface area contributed by atoms with Crippen molar-refractivity contribution in [1.29, 1.82) is 0 Å². The Bertz CT molecular complexity index is 2830. The molecule has 0 saturated carbocycles. The minimum atomic E-state index is -5.02. The number of anilines is 1. The number of carbonyl (C=O) groups excluding carboxylic acids is 1. The molecule has 0 saturated heterocycles. The van der Waals surface area contributed by atoms with E-state index in [1.807, 2.05) is 0 Å². The zero-order chi connectivity index (χ0) is 47.1. The quantitative estimate of drug-likeness (QED) is 0.0831. The van der Waals surface area contributed by atoms with Crippen LogP contribution in [-0.2, 0) is 44.2 Å². The van der Waals surface area contributed by atoms with Crippen LogP contribution in [0, 0.1) is 0 Å². The highest BCUT2D eigenvalue weighted by Gasteiger charge is 2.38.